The van der Waals surface area contributed by atoms with Crippen LogP contribution in [-0.2, 0) is 33.7 Å². The summed E-state index contributed by atoms with van der Waals surface area (Å²) in [5.74, 6) is -1.55. The van der Waals surface area contributed by atoms with E-state index in [0.717, 1.165) is 21.6 Å². The maximum Gasteiger partial charge on any atom is 0.416 e. The van der Waals surface area contributed by atoms with Gasteiger partial charge in [0.25, 0.3) is 0 Å². The number of amides is 3. The standard InChI is InChI=1S/C33H38N2O6/c1-33(2,3)41-31(38)34(21-26-17-11-6-12-18-26)22-29(36)28(20-25-15-9-5-10-16-25)30(37)35-27(23-40-32(35)39)19-24-13-7-4-8-14-24/h4-18,27-29,36H,19-23H2,1-3H3/t27-,28-,29+/m1/s1. The predicted molar refractivity (Wildman–Crippen MR) is 155 cm³/mol. The second-order valence-corrected chi connectivity index (χ2v) is 11.3. The SMILES string of the molecule is CC(C)(C)OC(=O)N(Cc1ccccc1)C[C@H](O)[C@@H](Cc1ccccc1)C(=O)N1C(=O)OC[C@H]1Cc1ccccc1. The van der Waals surface area contributed by atoms with Gasteiger partial charge in [-0.1, -0.05) is 91.0 Å². The van der Waals surface area contributed by atoms with Crippen LogP contribution in [0, 0.1) is 5.92 Å². The van der Waals surface area contributed by atoms with E-state index in [1.54, 1.807) is 20.8 Å². The van der Waals surface area contributed by atoms with Gasteiger partial charge in [0.2, 0.25) is 5.91 Å². The zero-order valence-corrected chi connectivity index (χ0v) is 23.8. The van der Waals surface area contributed by atoms with Crippen molar-refractivity contribution in [2.24, 2.45) is 5.92 Å². The summed E-state index contributed by atoms with van der Waals surface area (Å²) < 4.78 is 10.9. The molecular weight excluding hydrogens is 520 g/mol. The summed E-state index contributed by atoms with van der Waals surface area (Å²) in [5.41, 5.74) is 1.89. The van der Waals surface area contributed by atoms with E-state index in [4.69, 9.17) is 9.47 Å². The minimum Gasteiger partial charge on any atom is -0.447 e. The Balaban J connectivity index is 1.61. The Morgan fingerprint density at radius 3 is 2.02 bits per heavy atom. The van der Waals surface area contributed by atoms with Crippen LogP contribution in [0.1, 0.15) is 37.5 Å². The fourth-order valence-electron chi connectivity index (χ4n) is 4.89. The number of aliphatic hydroxyl groups excluding tert-OH is 1. The lowest BCUT2D eigenvalue weighted by Gasteiger charge is -2.32. The van der Waals surface area contributed by atoms with Gasteiger partial charge in [-0.15, -0.1) is 0 Å². The van der Waals surface area contributed by atoms with Gasteiger partial charge < -0.3 is 19.5 Å². The summed E-state index contributed by atoms with van der Waals surface area (Å²) in [6.07, 6.45) is -2.01. The molecule has 4 rings (SSSR count). The molecule has 216 valence electrons. The van der Waals surface area contributed by atoms with Crippen molar-refractivity contribution < 1.29 is 29.0 Å². The van der Waals surface area contributed by atoms with Gasteiger partial charge in [-0.3, -0.25) is 4.79 Å². The molecule has 0 bridgehead atoms. The summed E-state index contributed by atoms with van der Waals surface area (Å²) >= 11 is 0. The molecule has 1 aliphatic rings. The minimum absolute atomic E-state index is 0.0751. The van der Waals surface area contributed by atoms with Crippen molar-refractivity contribution >= 4 is 18.1 Å². The highest BCUT2D eigenvalue weighted by molar-refractivity contribution is 5.95. The molecule has 0 saturated carbocycles. The van der Waals surface area contributed by atoms with E-state index in [0.29, 0.717) is 6.42 Å². The third-order valence-electron chi connectivity index (χ3n) is 6.87. The first kappa shape index (κ1) is 29.8. The van der Waals surface area contributed by atoms with Crippen LogP contribution in [0.3, 0.4) is 0 Å². The van der Waals surface area contributed by atoms with E-state index in [1.807, 2.05) is 91.0 Å². The molecular formula is C33H38N2O6. The van der Waals surface area contributed by atoms with Crippen molar-refractivity contribution in [3.63, 3.8) is 0 Å². The van der Waals surface area contributed by atoms with Crippen LogP contribution < -0.4 is 0 Å². The summed E-state index contributed by atoms with van der Waals surface area (Å²) in [5, 5.41) is 11.6. The van der Waals surface area contributed by atoms with Crippen molar-refractivity contribution in [2.75, 3.05) is 13.2 Å². The predicted octanol–water partition coefficient (Wildman–Crippen LogP) is 5.23. The molecule has 1 N–H and O–H groups in total. The van der Waals surface area contributed by atoms with Gasteiger partial charge in [-0.25, -0.2) is 14.5 Å². The van der Waals surface area contributed by atoms with Crippen LogP contribution >= 0.6 is 0 Å². The number of benzene rings is 3. The van der Waals surface area contributed by atoms with Gasteiger partial charge in [-0.2, -0.15) is 0 Å². The molecule has 3 amide bonds. The normalized spacial score (nSPS) is 16.5. The molecule has 0 aliphatic carbocycles. The monoisotopic (exact) mass is 558 g/mol. The Morgan fingerprint density at radius 2 is 1.46 bits per heavy atom. The van der Waals surface area contributed by atoms with Crippen LogP contribution in [0.25, 0.3) is 0 Å². The number of ether oxygens (including phenoxy) is 2. The quantitative estimate of drug-likeness (QED) is 0.366. The van der Waals surface area contributed by atoms with Crippen LogP contribution in [0.5, 0.6) is 0 Å². The molecule has 3 atom stereocenters. The number of imide groups is 1. The molecule has 1 heterocycles. The van der Waals surface area contributed by atoms with E-state index in [2.05, 4.69) is 0 Å². The van der Waals surface area contributed by atoms with Gasteiger partial charge in [0.05, 0.1) is 24.6 Å². The van der Waals surface area contributed by atoms with Crippen LogP contribution in [0.2, 0.25) is 0 Å². The first-order valence-electron chi connectivity index (χ1n) is 13.9. The molecule has 1 fully saturated rings. The molecule has 8 nitrogen and oxygen atoms in total. The van der Waals surface area contributed by atoms with E-state index in [-0.39, 0.29) is 26.1 Å². The lowest BCUT2D eigenvalue weighted by Crippen LogP contribution is -2.50. The molecule has 41 heavy (non-hydrogen) atoms. The molecule has 3 aromatic rings. The molecule has 0 aromatic heterocycles. The van der Waals surface area contributed by atoms with Crippen molar-refractivity contribution in [2.45, 2.75) is 57.9 Å². The molecule has 1 saturated heterocycles. The molecule has 8 heteroatoms. The van der Waals surface area contributed by atoms with E-state index < -0.39 is 41.8 Å². The maximum atomic E-state index is 14.1. The average molecular weight is 559 g/mol. The third-order valence-corrected chi connectivity index (χ3v) is 6.87. The van der Waals surface area contributed by atoms with E-state index >= 15 is 0 Å². The van der Waals surface area contributed by atoms with Crippen LogP contribution in [0.15, 0.2) is 91.0 Å². The topological polar surface area (TPSA) is 96.4 Å². The summed E-state index contributed by atoms with van der Waals surface area (Å²) in [4.78, 5) is 42.7. The molecule has 1 aliphatic heterocycles. The second-order valence-electron chi connectivity index (χ2n) is 11.3. The number of carbonyl (C=O) groups excluding carboxylic acids is 3. The van der Waals surface area contributed by atoms with Crippen molar-refractivity contribution in [1.29, 1.82) is 0 Å². The number of rotatable bonds is 10. The number of hydrogen-bond acceptors (Lipinski definition) is 6. The molecule has 0 radical (unpaired) electrons. The van der Waals surface area contributed by atoms with Crippen molar-refractivity contribution in [3.05, 3.63) is 108 Å². The van der Waals surface area contributed by atoms with Crippen molar-refractivity contribution in [1.82, 2.24) is 9.80 Å². The van der Waals surface area contributed by atoms with Crippen molar-refractivity contribution in [3.8, 4) is 0 Å². The van der Waals surface area contributed by atoms with Crippen LogP contribution in [-0.4, -0.2) is 63.9 Å². The van der Waals surface area contributed by atoms with Gasteiger partial charge in [-0.05, 0) is 50.3 Å². The molecule has 3 aromatic carbocycles. The number of nitrogens with zero attached hydrogens (tertiary/aromatic N) is 2. The minimum atomic E-state index is -1.29. The van der Waals surface area contributed by atoms with E-state index in [9.17, 15) is 19.5 Å². The number of carbonyl (C=O) groups is 3. The van der Waals surface area contributed by atoms with Gasteiger partial charge in [0.15, 0.2) is 0 Å². The summed E-state index contributed by atoms with van der Waals surface area (Å²) in [6.45, 7) is 5.41. The Hall–Kier alpha value is -4.17. The maximum absolute atomic E-state index is 14.1. The Kier molecular flexibility index (Phi) is 9.78. The van der Waals surface area contributed by atoms with Gasteiger partial charge in [0, 0.05) is 6.54 Å². The number of cyclic esters (lactones) is 1. The first-order chi connectivity index (χ1) is 19.6. The fraction of sp³-hybridized carbons (Fsp3) is 0.364. The highest BCUT2D eigenvalue weighted by atomic mass is 16.6. The summed E-state index contributed by atoms with van der Waals surface area (Å²) in [6, 6.07) is 27.8. The zero-order chi connectivity index (χ0) is 29.4. The molecule has 0 unspecified atom stereocenters. The Bertz CT molecular complexity index is 1290. The number of hydrogen-bond donors (Lipinski definition) is 1. The average Bonchev–Trinajstić information content (AvgIpc) is 3.31. The third kappa shape index (κ3) is 8.41. The molecule has 0 spiro atoms. The lowest BCUT2D eigenvalue weighted by atomic mass is 9.91. The smallest absolute Gasteiger partial charge is 0.416 e. The highest BCUT2D eigenvalue weighted by Crippen LogP contribution is 2.25. The Labute approximate surface area is 241 Å². The highest BCUT2D eigenvalue weighted by Gasteiger charge is 2.43. The van der Waals surface area contributed by atoms with Gasteiger partial charge >= 0.3 is 12.2 Å². The summed E-state index contributed by atoms with van der Waals surface area (Å²) in [7, 11) is 0. The van der Waals surface area contributed by atoms with Gasteiger partial charge in [0.1, 0.15) is 12.2 Å². The van der Waals surface area contributed by atoms with Crippen LogP contribution in [0.4, 0.5) is 9.59 Å². The largest absolute Gasteiger partial charge is 0.447 e. The second kappa shape index (κ2) is 13.5. The first-order valence-corrected chi connectivity index (χ1v) is 13.9. The fourth-order valence-corrected chi connectivity index (χ4v) is 4.89. The van der Waals surface area contributed by atoms with E-state index in [1.165, 1.54) is 4.90 Å². The number of aliphatic hydroxyl groups is 1. The Morgan fingerprint density at radius 1 is 0.927 bits per heavy atom. The lowest BCUT2D eigenvalue weighted by molar-refractivity contribution is -0.137. The zero-order valence-electron chi connectivity index (χ0n) is 23.8.